The van der Waals surface area contributed by atoms with Crippen molar-refractivity contribution in [3.8, 4) is 0 Å². The van der Waals surface area contributed by atoms with Crippen molar-refractivity contribution in [2.75, 3.05) is 12.8 Å². The van der Waals surface area contributed by atoms with Crippen molar-refractivity contribution in [3.05, 3.63) is 23.8 Å². The van der Waals surface area contributed by atoms with Crippen LogP contribution in [0.4, 0.5) is 14.5 Å². The van der Waals surface area contributed by atoms with E-state index in [1.54, 1.807) is 0 Å². The molecule has 0 unspecified atom stereocenters. The molecule has 0 radical (unpaired) electrons. The highest BCUT2D eigenvalue weighted by atomic mass is 32.2. The zero-order valence-corrected chi connectivity index (χ0v) is 10.7. The Bertz CT molecular complexity index is 571. The van der Waals surface area contributed by atoms with Crippen LogP contribution in [0.3, 0.4) is 0 Å². The Morgan fingerprint density at radius 2 is 1.94 bits per heavy atom. The maximum absolute atomic E-state index is 13.7. The maximum atomic E-state index is 13.7. The summed E-state index contributed by atoms with van der Waals surface area (Å²) in [6, 6.07) is 1.66. The number of hydrogen-bond donors (Lipinski definition) is 1. The van der Waals surface area contributed by atoms with E-state index >= 15 is 0 Å². The Morgan fingerprint density at radius 1 is 1.33 bits per heavy atom. The van der Waals surface area contributed by atoms with Gasteiger partial charge in [-0.1, -0.05) is 6.42 Å². The van der Waals surface area contributed by atoms with Crippen molar-refractivity contribution < 1.29 is 17.2 Å². The highest BCUT2D eigenvalue weighted by Gasteiger charge is 2.34. The average molecular weight is 276 g/mol. The standard InChI is InChI=1S/C11H14F2N2O2S/c1-15(7-3-2-4-7)18(16,17)9-6-5-8(12)11(14)10(9)13/h5-7H,2-4,14H2,1H3. The molecule has 2 rings (SSSR count). The van der Waals surface area contributed by atoms with Crippen molar-refractivity contribution in [1.29, 1.82) is 0 Å². The van der Waals surface area contributed by atoms with Gasteiger partial charge in [-0.25, -0.2) is 17.2 Å². The third-order valence-corrected chi connectivity index (χ3v) is 5.26. The number of hydrogen-bond acceptors (Lipinski definition) is 3. The van der Waals surface area contributed by atoms with Crippen LogP contribution in [0.15, 0.2) is 17.0 Å². The number of rotatable bonds is 3. The third-order valence-electron chi connectivity index (χ3n) is 3.34. The van der Waals surface area contributed by atoms with Crippen LogP contribution in [0.1, 0.15) is 19.3 Å². The lowest BCUT2D eigenvalue weighted by atomic mass is 9.94. The van der Waals surface area contributed by atoms with Crippen LogP contribution in [-0.4, -0.2) is 25.8 Å². The van der Waals surface area contributed by atoms with Crippen LogP contribution < -0.4 is 5.73 Å². The molecule has 18 heavy (non-hydrogen) atoms. The second-order valence-electron chi connectivity index (χ2n) is 4.38. The van der Waals surface area contributed by atoms with E-state index in [0.717, 1.165) is 35.7 Å². The molecule has 1 aromatic rings. The minimum atomic E-state index is -3.96. The number of benzene rings is 1. The predicted molar refractivity (Wildman–Crippen MR) is 63.4 cm³/mol. The maximum Gasteiger partial charge on any atom is 0.246 e. The normalized spacial score (nSPS) is 16.9. The summed E-state index contributed by atoms with van der Waals surface area (Å²) in [5.41, 5.74) is 4.40. The third kappa shape index (κ3) is 1.97. The predicted octanol–water partition coefficient (Wildman–Crippen LogP) is 1.72. The first kappa shape index (κ1) is 13.2. The molecule has 1 aromatic carbocycles. The first-order chi connectivity index (χ1) is 8.35. The average Bonchev–Trinajstić information content (AvgIpc) is 2.23. The zero-order valence-electron chi connectivity index (χ0n) is 9.86. The molecule has 0 aromatic heterocycles. The van der Waals surface area contributed by atoms with Gasteiger partial charge in [-0.3, -0.25) is 0 Å². The molecule has 7 heteroatoms. The fourth-order valence-electron chi connectivity index (χ4n) is 1.85. The van der Waals surface area contributed by atoms with Gasteiger partial charge in [0.2, 0.25) is 10.0 Å². The van der Waals surface area contributed by atoms with Gasteiger partial charge in [-0.05, 0) is 25.0 Å². The molecular weight excluding hydrogens is 262 g/mol. The fraction of sp³-hybridized carbons (Fsp3) is 0.455. The molecule has 0 heterocycles. The first-order valence-corrected chi connectivity index (χ1v) is 7.01. The monoisotopic (exact) mass is 276 g/mol. The lowest BCUT2D eigenvalue weighted by Crippen LogP contribution is -2.41. The van der Waals surface area contributed by atoms with Crippen LogP contribution in [0.2, 0.25) is 0 Å². The van der Waals surface area contributed by atoms with E-state index in [4.69, 9.17) is 5.73 Å². The molecular formula is C11H14F2N2O2S. The lowest BCUT2D eigenvalue weighted by molar-refractivity contribution is 0.249. The summed E-state index contributed by atoms with van der Waals surface area (Å²) in [7, 11) is -2.56. The minimum Gasteiger partial charge on any atom is -0.394 e. The molecule has 1 aliphatic carbocycles. The highest BCUT2D eigenvalue weighted by Crippen LogP contribution is 2.31. The van der Waals surface area contributed by atoms with Gasteiger partial charge in [-0.2, -0.15) is 4.31 Å². The van der Waals surface area contributed by atoms with Gasteiger partial charge < -0.3 is 5.73 Å². The molecule has 1 fully saturated rings. The van der Waals surface area contributed by atoms with Gasteiger partial charge in [0.25, 0.3) is 0 Å². The Kier molecular flexibility index (Phi) is 3.29. The van der Waals surface area contributed by atoms with Crippen LogP contribution in [0, 0.1) is 11.6 Å². The fourth-order valence-corrected chi connectivity index (χ4v) is 3.34. The van der Waals surface area contributed by atoms with Crippen molar-refractivity contribution in [1.82, 2.24) is 4.31 Å². The van der Waals surface area contributed by atoms with E-state index in [9.17, 15) is 17.2 Å². The molecule has 1 saturated carbocycles. The SMILES string of the molecule is CN(C1CCC1)S(=O)(=O)c1ccc(F)c(N)c1F. The number of halogens is 2. The second-order valence-corrected chi connectivity index (χ2v) is 6.35. The molecule has 2 N–H and O–H groups in total. The smallest absolute Gasteiger partial charge is 0.246 e. The minimum absolute atomic E-state index is 0.110. The van der Waals surface area contributed by atoms with Crippen LogP contribution in [-0.2, 0) is 10.0 Å². The second kappa shape index (κ2) is 4.47. The highest BCUT2D eigenvalue weighted by molar-refractivity contribution is 7.89. The summed E-state index contributed by atoms with van der Waals surface area (Å²) in [6.45, 7) is 0. The summed E-state index contributed by atoms with van der Waals surface area (Å²) < 4.78 is 52.2. The van der Waals surface area contributed by atoms with Crippen molar-refractivity contribution >= 4 is 15.7 Å². The molecule has 0 bridgehead atoms. The van der Waals surface area contributed by atoms with Gasteiger partial charge in [0, 0.05) is 13.1 Å². The zero-order chi connectivity index (χ0) is 13.5. The van der Waals surface area contributed by atoms with Crippen molar-refractivity contribution in [2.24, 2.45) is 0 Å². The molecule has 4 nitrogen and oxygen atoms in total. The summed E-state index contributed by atoms with van der Waals surface area (Å²) in [5.74, 6) is -2.18. The van der Waals surface area contributed by atoms with Crippen LogP contribution in [0.5, 0.6) is 0 Å². The quantitative estimate of drug-likeness (QED) is 0.855. The Morgan fingerprint density at radius 3 is 2.44 bits per heavy atom. The largest absolute Gasteiger partial charge is 0.394 e. The van der Waals surface area contributed by atoms with E-state index in [-0.39, 0.29) is 6.04 Å². The van der Waals surface area contributed by atoms with Gasteiger partial charge in [-0.15, -0.1) is 0 Å². The van der Waals surface area contributed by atoms with E-state index in [1.165, 1.54) is 7.05 Å². The number of sulfonamides is 1. The molecule has 0 saturated heterocycles. The number of anilines is 1. The Balaban J connectivity index is 2.44. The summed E-state index contributed by atoms with van der Waals surface area (Å²) in [6.07, 6.45) is 2.47. The number of nitrogen functional groups attached to an aromatic ring is 1. The van der Waals surface area contributed by atoms with Crippen molar-refractivity contribution in [3.63, 3.8) is 0 Å². The molecule has 0 atom stereocenters. The number of nitrogens with zero attached hydrogens (tertiary/aromatic N) is 1. The van der Waals surface area contributed by atoms with Gasteiger partial charge in [0.1, 0.15) is 16.4 Å². The van der Waals surface area contributed by atoms with E-state index in [2.05, 4.69) is 0 Å². The van der Waals surface area contributed by atoms with Crippen LogP contribution in [0.25, 0.3) is 0 Å². The molecule has 0 spiro atoms. The van der Waals surface area contributed by atoms with Gasteiger partial charge in [0.15, 0.2) is 5.82 Å². The van der Waals surface area contributed by atoms with Gasteiger partial charge >= 0.3 is 0 Å². The Labute approximate surface area is 104 Å². The summed E-state index contributed by atoms with van der Waals surface area (Å²) in [5, 5.41) is 0. The van der Waals surface area contributed by atoms with Crippen LogP contribution >= 0.6 is 0 Å². The summed E-state index contributed by atoms with van der Waals surface area (Å²) >= 11 is 0. The molecule has 0 aliphatic heterocycles. The lowest BCUT2D eigenvalue weighted by Gasteiger charge is -2.33. The Hall–Kier alpha value is -1.21. The molecule has 0 amide bonds. The van der Waals surface area contributed by atoms with Gasteiger partial charge in [0.05, 0.1) is 0 Å². The van der Waals surface area contributed by atoms with E-state index in [1.807, 2.05) is 0 Å². The first-order valence-electron chi connectivity index (χ1n) is 5.57. The van der Waals surface area contributed by atoms with E-state index < -0.39 is 32.2 Å². The topological polar surface area (TPSA) is 63.4 Å². The van der Waals surface area contributed by atoms with Crippen molar-refractivity contribution in [2.45, 2.75) is 30.2 Å². The molecule has 100 valence electrons. The number of nitrogens with two attached hydrogens (primary N) is 1. The molecule has 1 aliphatic rings. The summed E-state index contributed by atoms with van der Waals surface area (Å²) in [4.78, 5) is -0.573. The van der Waals surface area contributed by atoms with E-state index in [0.29, 0.717) is 0 Å².